The predicted octanol–water partition coefficient (Wildman–Crippen LogP) is 2.70. The number of rotatable bonds is 1. The molecule has 0 saturated heterocycles. The largest absolute Gasteiger partial charge is 0.179 e. The molecule has 0 aliphatic heterocycles. The molecular weight excluding hydrogens is 469 g/mol. The van der Waals surface area contributed by atoms with Crippen molar-refractivity contribution in [2.24, 2.45) is 0 Å². The van der Waals surface area contributed by atoms with Crippen molar-refractivity contribution in [3.05, 3.63) is 0 Å². The Morgan fingerprint density at radius 3 is 0.857 bits per heavy atom. The molecule has 0 aromatic rings. The van der Waals surface area contributed by atoms with E-state index in [1.165, 1.54) is 0 Å². The lowest BCUT2D eigenvalue weighted by Crippen LogP contribution is -1.64. The summed E-state index contributed by atoms with van der Waals surface area (Å²) in [5.41, 5.74) is 0. The number of hydrogen-bond acceptors (Lipinski definition) is 2. The van der Waals surface area contributed by atoms with Crippen LogP contribution in [0.15, 0.2) is 0 Å². The van der Waals surface area contributed by atoms with Gasteiger partial charge in [0.15, 0.2) is 0 Å². The Balaban J connectivity index is -0.0000000150. The fourth-order valence-corrected chi connectivity index (χ4v) is 0. The van der Waals surface area contributed by atoms with Gasteiger partial charge in [0.2, 0.25) is 0 Å². The summed E-state index contributed by atoms with van der Waals surface area (Å²) in [5, 5.41) is 0. The van der Waals surface area contributed by atoms with Crippen LogP contribution in [-0.4, -0.2) is 11.5 Å². The molecule has 0 amide bonds. The molecule has 0 aromatic heterocycles. The molecule has 7 heavy (non-hydrogen) atoms. The SMILES string of the molecule is I.I.I.SCCS. The molecule has 0 fully saturated rings. The van der Waals surface area contributed by atoms with E-state index in [0.717, 1.165) is 11.5 Å². The fraction of sp³-hybridized carbons (Fsp3) is 1.00. The van der Waals surface area contributed by atoms with Crippen LogP contribution < -0.4 is 0 Å². The standard InChI is InChI=1S/C2H6S2.3HI/c3-1-2-4;;;/h3-4H,1-2H2;3*1H. The van der Waals surface area contributed by atoms with Crippen molar-refractivity contribution in [3.63, 3.8) is 0 Å². The molecule has 5 heteroatoms. The fourth-order valence-electron chi connectivity index (χ4n) is 0. The van der Waals surface area contributed by atoms with E-state index < -0.39 is 0 Å². The van der Waals surface area contributed by atoms with Crippen molar-refractivity contribution in [2.75, 3.05) is 11.5 Å². The summed E-state index contributed by atoms with van der Waals surface area (Å²) in [4.78, 5) is 0. The van der Waals surface area contributed by atoms with Crippen LogP contribution in [0, 0.1) is 0 Å². The van der Waals surface area contributed by atoms with Crippen molar-refractivity contribution >= 4 is 97.2 Å². The minimum Gasteiger partial charge on any atom is -0.179 e. The van der Waals surface area contributed by atoms with Gasteiger partial charge in [-0.25, -0.2) is 0 Å². The quantitative estimate of drug-likeness (QED) is 0.421. The summed E-state index contributed by atoms with van der Waals surface area (Å²) in [7, 11) is 0. The molecule has 0 aromatic carbocycles. The summed E-state index contributed by atoms with van der Waals surface area (Å²) in [5.74, 6) is 1.76. The molecule has 0 atom stereocenters. The van der Waals surface area contributed by atoms with Gasteiger partial charge in [0.25, 0.3) is 0 Å². The van der Waals surface area contributed by atoms with Gasteiger partial charge in [0.1, 0.15) is 0 Å². The van der Waals surface area contributed by atoms with Crippen LogP contribution in [-0.2, 0) is 0 Å². The normalized spacial score (nSPS) is 4.29. The molecule has 0 aliphatic rings. The molecule has 0 unspecified atom stereocenters. The van der Waals surface area contributed by atoms with Gasteiger partial charge in [0.05, 0.1) is 0 Å². The van der Waals surface area contributed by atoms with Crippen molar-refractivity contribution in [3.8, 4) is 0 Å². The van der Waals surface area contributed by atoms with Gasteiger partial charge in [-0.15, -0.1) is 71.9 Å². The minimum absolute atomic E-state index is 0. The van der Waals surface area contributed by atoms with Crippen LogP contribution in [0.3, 0.4) is 0 Å². The van der Waals surface area contributed by atoms with Crippen LogP contribution in [0.25, 0.3) is 0 Å². The second-order valence-corrected chi connectivity index (χ2v) is 1.34. The third kappa shape index (κ3) is 27.9. The second-order valence-electron chi connectivity index (χ2n) is 0.447. The Bertz CT molecular complexity index is 12.9. The first-order valence-corrected chi connectivity index (χ1v) is 2.40. The molecule has 0 rings (SSSR count). The van der Waals surface area contributed by atoms with Crippen LogP contribution in [0.4, 0.5) is 0 Å². The zero-order valence-corrected chi connectivity index (χ0v) is 12.3. The Labute approximate surface area is 107 Å². The average Bonchev–Trinajstić information content (AvgIpc) is 1.37. The van der Waals surface area contributed by atoms with Gasteiger partial charge < -0.3 is 0 Å². The van der Waals surface area contributed by atoms with E-state index >= 15 is 0 Å². The van der Waals surface area contributed by atoms with E-state index in [2.05, 4.69) is 25.3 Å². The summed E-state index contributed by atoms with van der Waals surface area (Å²) >= 11 is 7.69. The smallest absolute Gasteiger partial charge is 0.000932 e. The van der Waals surface area contributed by atoms with E-state index in [-0.39, 0.29) is 71.9 Å². The first kappa shape index (κ1) is 22.5. The van der Waals surface area contributed by atoms with Gasteiger partial charge in [-0.05, 0) is 11.5 Å². The number of hydrogen-bond donors (Lipinski definition) is 2. The molecule has 0 bridgehead atoms. The maximum absolute atomic E-state index is 3.84. The molecule has 0 N–H and O–H groups in total. The minimum atomic E-state index is 0. The van der Waals surface area contributed by atoms with E-state index in [4.69, 9.17) is 0 Å². The number of halogens is 3. The third-order valence-electron chi connectivity index (χ3n) is 0.1000. The highest BCUT2D eigenvalue weighted by Crippen LogP contribution is 1.73. The maximum atomic E-state index is 3.84. The molecule has 50 valence electrons. The Hall–Kier alpha value is 2.89. The van der Waals surface area contributed by atoms with Crippen LogP contribution in [0.5, 0.6) is 0 Å². The van der Waals surface area contributed by atoms with E-state index in [0.29, 0.717) is 0 Å². The molecule has 0 saturated carbocycles. The van der Waals surface area contributed by atoms with E-state index in [1.807, 2.05) is 0 Å². The zero-order valence-electron chi connectivity index (χ0n) is 3.53. The van der Waals surface area contributed by atoms with Gasteiger partial charge in [-0.3, -0.25) is 0 Å². The van der Waals surface area contributed by atoms with Crippen molar-refractivity contribution in [1.82, 2.24) is 0 Å². The highest BCUT2D eigenvalue weighted by atomic mass is 127. The maximum Gasteiger partial charge on any atom is -0.000932 e. The lowest BCUT2D eigenvalue weighted by molar-refractivity contribution is 1.59. The summed E-state index contributed by atoms with van der Waals surface area (Å²) in [6.45, 7) is 0. The second kappa shape index (κ2) is 23.1. The van der Waals surface area contributed by atoms with Gasteiger partial charge in [-0.2, -0.15) is 25.3 Å². The summed E-state index contributed by atoms with van der Waals surface area (Å²) in [6.07, 6.45) is 0. The Morgan fingerprint density at radius 2 is 0.857 bits per heavy atom. The molecule has 0 spiro atoms. The van der Waals surface area contributed by atoms with Crippen LogP contribution in [0.2, 0.25) is 0 Å². The molecule has 0 aliphatic carbocycles. The van der Waals surface area contributed by atoms with Crippen molar-refractivity contribution < 1.29 is 0 Å². The molecule has 0 heterocycles. The van der Waals surface area contributed by atoms with Gasteiger partial charge in [-0.1, -0.05) is 0 Å². The van der Waals surface area contributed by atoms with E-state index in [1.54, 1.807) is 0 Å². The monoisotopic (exact) mass is 478 g/mol. The highest BCUT2D eigenvalue weighted by Gasteiger charge is 1.57. The van der Waals surface area contributed by atoms with Crippen molar-refractivity contribution in [1.29, 1.82) is 0 Å². The van der Waals surface area contributed by atoms with Crippen LogP contribution >= 0.6 is 97.2 Å². The van der Waals surface area contributed by atoms with Crippen molar-refractivity contribution in [2.45, 2.75) is 0 Å². The van der Waals surface area contributed by atoms with E-state index in [9.17, 15) is 0 Å². The summed E-state index contributed by atoms with van der Waals surface area (Å²) < 4.78 is 0. The van der Waals surface area contributed by atoms with Gasteiger partial charge >= 0.3 is 0 Å². The third-order valence-corrected chi connectivity index (χ3v) is 0.900. The Kier molecular flexibility index (Phi) is 74.5. The lowest BCUT2D eigenvalue weighted by Gasteiger charge is -1.67. The molecule has 0 radical (unpaired) electrons. The first-order chi connectivity index (χ1) is 1.91. The zero-order chi connectivity index (χ0) is 3.41. The first-order valence-electron chi connectivity index (χ1n) is 1.13. The summed E-state index contributed by atoms with van der Waals surface area (Å²) in [6, 6.07) is 0. The number of thiol groups is 2. The molecular formula is C2H9I3S2. The Morgan fingerprint density at radius 1 is 0.714 bits per heavy atom. The predicted molar refractivity (Wildman–Crippen MR) is 74.0 cm³/mol. The lowest BCUT2D eigenvalue weighted by atomic mass is 11.0. The average molecular weight is 478 g/mol. The topological polar surface area (TPSA) is 0 Å². The molecule has 0 nitrogen and oxygen atoms in total. The van der Waals surface area contributed by atoms with Gasteiger partial charge in [0, 0.05) is 0 Å². The highest BCUT2D eigenvalue weighted by molar-refractivity contribution is 14.0. The van der Waals surface area contributed by atoms with Crippen LogP contribution in [0.1, 0.15) is 0 Å².